The Morgan fingerprint density at radius 1 is 0.780 bits per heavy atom. The third kappa shape index (κ3) is 6.37. The van der Waals surface area contributed by atoms with E-state index in [1.54, 1.807) is 0 Å². The first-order chi connectivity index (χ1) is 20.1. The molecule has 0 radical (unpaired) electrons. The minimum absolute atomic E-state index is 0.147. The number of hydrogen-bond donors (Lipinski definition) is 0. The van der Waals surface area contributed by atoms with Crippen molar-refractivity contribution in [2.24, 2.45) is 17.8 Å². The molecule has 2 saturated carbocycles. The van der Waals surface area contributed by atoms with Crippen LogP contribution >= 0.6 is 0 Å². The van der Waals surface area contributed by atoms with Crippen molar-refractivity contribution < 1.29 is 14.3 Å². The van der Waals surface area contributed by atoms with E-state index < -0.39 is 5.60 Å². The maximum absolute atomic E-state index is 13.1. The smallest absolute Gasteiger partial charge is 0.345 e. The van der Waals surface area contributed by atoms with Crippen LogP contribution in [0.3, 0.4) is 0 Å². The predicted molar refractivity (Wildman–Crippen MR) is 164 cm³/mol. The molecule has 0 amide bonds. The van der Waals surface area contributed by atoms with Crippen LogP contribution in [0.15, 0.2) is 130 Å². The molecular formula is C37H35O3S+. The van der Waals surface area contributed by atoms with Gasteiger partial charge in [-0.25, -0.2) is 4.79 Å². The number of carbonyl (C=O) groups is 1. The normalized spacial score (nSPS) is 20.6. The summed E-state index contributed by atoms with van der Waals surface area (Å²) in [5, 5.41) is 0. The third-order valence-corrected chi connectivity index (χ3v) is 10.6. The molecule has 4 aromatic rings. The first-order valence-electron chi connectivity index (χ1n) is 14.4. The van der Waals surface area contributed by atoms with Crippen LogP contribution in [0.25, 0.3) is 0 Å². The number of carbonyl (C=O) groups excluding carboxylic acids is 1. The van der Waals surface area contributed by atoms with E-state index in [1.165, 1.54) is 33.9 Å². The van der Waals surface area contributed by atoms with Gasteiger partial charge in [0.1, 0.15) is 5.75 Å². The number of esters is 1. The van der Waals surface area contributed by atoms with Crippen LogP contribution in [0.5, 0.6) is 5.75 Å². The van der Waals surface area contributed by atoms with Gasteiger partial charge in [-0.2, -0.15) is 0 Å². The number of fused-ring (bicyclic) bond motifs is 2. The lowest BCUT2D eigenvalue weighted by atomic mass is 9.77. The molecule has 4 aromatic carbocycles. The van der Waals surface area contributed by atoms with Gasteiger partial charge < -0.3 is 9.47 Å². The van der Waals surface area contributed by atoms with Gasteiger partial charge in [0.05, 0.1) is 10.9 Å². The lowest BCUT2D eigenvalue weighted by molar-refractivity contribution is -0.161. The fourth-order valence-corrected chi connectivity index (χ4v) is 8.52. The molecule has 0 saturated heterocycles. The summed E-state index contributed by atoms with van der Waals surface area (Å²) in [4.78, 5) is 16.8. The van der Waals surface area contributed by atoms with Crippen LogP contribution < -0.4 is 4.74 Å². The number of rotatable bonds is 8. The molecule has 206 valence electrons. The highest BCUT2D eigenvalue weighted by Crippen LogP contribution is 2.53. The van der Waals surface area contributed by atoms with Gasteiger partial charge in [-0.05, 0) is 105 Å². The molecule has 3 nitrogen and oxygen atoms in total. The van der Waals surface area contributed by atoms with Gasteiger partial charge in [-0.3, -0.25) is 0 Å². The molecule has 4 heteroatoms. The fourth-order valence-electron chi connectivity index (χ4n) is 6.43. The van der Waals surface area contributed by atoms with Crippen molar-refractivity contribution in [3.63, 3.8) is 0 Å². The van der Waals surface area contributed by atoms with Crippen LogP contribution in [-0.4, -0.2) is 18.2 Å². The molecule has 0 aliphatic heterocycles. The van der Waals surface area contributed by atoms with E-state index in [9.17, 15) is 4.79 Å². The molecule has 4 unspecified atom stereocenters. The summed E-state index contributed by atoms with van der Waals surface area (Å²) >= 11 is 0. The zero-order valence-corrected chi connectivity index (χ0v) is 24.2. The SMILES string of the molecule is CC(C#Cc1ccccc1)(OC(=O)COc1ccc([S+](c2ccccc2)c2ccccc2)cc1)C1CC2CCC1C2. The first kappa shape index (κ1) is 27.2. The van der Waals surface area contributed by atoms with Crippen LogP contribution in [0.1, 0.15) is 38.2 Å². The van der Waals surface area contributed by atoms with E-state index in [4.69, 9.17) is 9.47 Å². The van der Waals surface area contributed by atoms with Crippen molar-refractivity contribution in [1.82, 2.24) is 0 Å². The maximum Gasteiger partial charge on any atom is 0.345 e. The highest BCUT2D eigenvalue weighted by Gasteiger charge is 2.50. The summed E-state index contributed by atoms with van der Waals surface area (Å²) in [6.07, 6.45) is 4.78. The van der Waals surface area contributed by atoms with Gasteiger partial charge in [-0.1, -0.05) is 66.9 Å². The second kappa shape index (κ2) is 12.3. The number of ether oxygens (including phenoxy) is 2. The summed E-state index contributed by atoms with van der Waals surface area (Å²) < 4.78 is 12.1. The van der Waals surface area contributed by atoms with Crippen LogP contribution in [0.4, 0.5) is 0 Å². The van der Waals surface area contributed by atoms with Gasteiger partial charge in [0.2, 0.25) is 0 Å². The van der Waals surface area contributed by atoms with E-state index in [-0.39, 0.29) is 29.4 Å². The Morgan fingerprint density at radius 2 is 1.37 bits per heavy atom. The van der Waals surface area contributed by atoms with Crippen molar-refractivity contribution in [1.29, 1.82) is 0 Å². The summed E-state index contributed by atoms with van der Waals surface area (Å²) in [6, 6.07) is 39.1. The first-order valence-corrected chi connectivity index (χ1v) is 15.7. The molecule has 6 rings (SSSR count). The van der Waals surface area contributed by atoms with Gasteiger partial charge in [-0.15, -0.1) is 0 Å². The van der Waals surface area contributed by atoms with E-state index in [0.717, 1.165) is 17.9 Å². The zero-order chi connectivity index (χ0) is 28.1. The van der Waals surface area contributed by atoms with Crippen molar-refractivity contribution in [2.75, 3.05) is 6.61 Å². The Morgan fingerprint density at radius 3 is 1.93 bits per heavy atom. The predicted octanol–water partition coefficient (Wildman–Crippen LogP) is 7.95. The molecule has 41 heavy (non-hydrogen) atoms. The number of benzene rings is 4. The van der Waals surface area contributed by atoms with E-state index >= 15 is 0 Å². The Balaban J connectivity index is 1.15. The molecule has 0 spiro atoms. The lowest BCUT2D eigenvalue weighted by Gasteiger charge is -2.35. The highest BCUT2D eigenvalue weighted by molar-refractivity contribution is 7.97. The summed E-state index contributed by atoms with van der Waals surface area (Å²) in [5.74, 6) is 8.47. The second-order valence-corrected chi connectivity index (χ2v) is 13.2. The lowest BCUT2D eigenvalue weighted by Crippen LogP contribution is -2.42. The molecular weight excluding hydrogens is 524 g/mol. The van der Waals surface area contributed by atoms with Crippen molar-refractivity contribution in [3.8, 4) is 17.6 Å². The Kier molecular flexibility index (Phi) is 8.16. The van der Waals surface area contributed by atoms with Crippen LogP contribution in [0.2, 0.25) is 0 Å². The molecule has 2 fully saturated rings. The van der Waals surface area contributed by atoms with E-state index in [0.29, 0.717) is 11.7 Å². The zero-order valence-electron chi connectivity index (χ0n) is 23.4. The van der Waals surface area contributed by atoms with E-state index in [2.05, 4.69) is 72.5 Å². The minimum Gasteiger partial charge on any atom is -0.482 e. The molecule has 0 N–H and O–H groups in total. The fraction of sp³-hybridized carbons (Fsp3) is 0.270. The topological polar surface area (TPSA) is 35.5 Å². The quantitative estimate of drug-likeness (QED) is 0.125. The number of hydrogen-bond acceptors (Lipinski definition) is 3. The van der Waals surface area contributed by atoms with Gasteiger partial charge in [0.15, 0.2) is 26.9 Å². The maximum atomic E-state index is 13.1. The molecule has 2 bridgehead atoms. The molecule has 0 aromatic heterocycles. The average molecular weight is 560 g/mol. The Labute approximate surface area is 246 Å². The van der Waals surface area contributed by atoms with Crippen LogP contribution in [-0.2, 0) is 20.4 Å². The molecule has 0 heterocycles. The minimum atomic E-state index is -0.834. The highest BCUT2D eigenvalue weighted by atomic mass is 32.2. The van der Waals surface area contributed by atoms with Gasteiger partial charge >= 0.3 is 5.97 Å². The largest absolute Gasteiger partial charge is 0.482 e. The van der Waals surface area contributed by atoms with Gasteiger partial charge in [0.25, 0.3) is 0 Å². The average Bonchev–Trinajstić information content (AvgIpc) is 3.66. The van der Waals surface area contributed by atoms with Crippen molar-refractivity contribution in [3.05, 3.63) is 121 Å². The molecule has 2 aliphatic carbocycles. The summed E-state index contributed by atoms with van der Waals surface area (Å²) in [6.45, 7) is 1.85. The Hall–Kier alpha value is -3.94. The summed E-state index contributed by atoms with van der Waals surface area (Å²) in [5.41, 5.74) is 0.0963. The monoisotopic (exact) mass is 559 g/mol. The third-order valence-electron chi connectivity index (χ3n) is 8.37. The summed E-state index contributed by atoms with van der Waals surface area (Å²) in [7, 11) is -0.232. The second-order valence-electron chi connectivity index (χ2n) is 11.2. The van der Waals surface area contributed by atoms with Crippen LogP contribution in [0, 0.1) is 29.6 Å². The molecule has 4 atom stereocenters. The van der Waals surface area contributed by atoms with Crippen molar-refractivity contribution in [2.45, 2.75) is 52.9 Å². The van der Waals surface area contributed by atoms with Gasteiger partial charge in [0, 0.05) is 11.5 Å². The Bertz CT molecular complexity index is 1470. The van der Waals surface area contributed by atoms with Crippen molar-refractivity contribution >= 4 is 16.9 Å². The standard InChI is InChI=1S/C37H35O3S/c1-37(24-23-28-11-5-2-6-12-28,35-26-29-17-18-30(35)25-29)40-36(38)27-39-31-19-21-34(22-20-31)41(32-13-7-3-8-14-32)33-15-9-4-10-16-33/h2-16,19-22,29-30,35H,17-18,25-27H2,1H3/q+1. The molecule has 2 aliphatic rings. The van der Waals surface area contributed by atoms with E-state index in [1.807, 2.05) is 61.5 Å².